The van der Waals surface area contributed by atoms with Crippen molar-refractivity contribution >= 4 is 11.8 Å². The molecule has 5 nitrogen and oxygen atoms in total. The van der Waals surface area contributed by atoms with E-state index in [-0.39, 0.29) is 12.0 Å². The summed E-state index contributed by atoms with van der Waals surface area (Å²) in [6, 6.07) is -0.0242. The Morgan fingerprint density at radius 2 is 2.18 bits per heavy atom. The highest BCUT2D eigenvalue weighted by atomic mass is 16.4. The van der Waals surface area contributed by atoms with Crippen molar-refractivity contribution in [2.45, 2.75) is 33.2 Å². The van der Waals surface area contributed by atoms with Gasteiger partial charge in [-0.15, -0.1) is 0 Å². The maximum Gasteiger partial charge on any atom is 0.308 e. The number of aromatic nitrogens is 2. The molecule has 0 aromatic carbocycles. The zero-order valence-corrected chi connectivity index (χ0v) is 10.3. The zero-order valence-electron chi connectivity index (χ0n) is 10.3. The number of aliphatic carboxylic acids is 1. The number of rotatable bonds is 2. The van der Waals surface area contributed by atoms with Gasteiger partial charge in [-0.2, -0.15) is 0 Å². The monoisotopic (exact) mass is 235 g/mol. The molecule has 2 rings (SSSR count). The molecule has 1 aliphatic heterocycles. The van der Waals surface area contributed by atoms with Gasteiger partial charge >= 0.3 is 5.97 Å². The number of carbonyl (C=O) groups is 1. The summed E-state index contributed by atoms with van der Waals surface area (Å²) in [7, 11) is 0. The molecule has 0 saturated carbocycles. The maximum atomic E-state index is 11.0. The fourth-order valence-electron chi connectivity index (χ4n) is 2.26. The maximum absolute atomic E-state index is 11.0. The highest BCUT2D eigenvalue weighted by Crippen LogP contribution is 2.28. The summed E-state index contributed by atoms with van der Waals surface area (Å²) in [5, 5.41) is 9.08. The SMILES string of the molecule is Cc1ncc(N2CCC(C(=O)O)C2C)nc1C. The standard InChI is InChI=1S/C12H17N3O2/c1-7-8(2)14-11(6-13-7)15-5-4-10(9(15)3)12(16)17/h6,9-10H,4-5H2,1-3H3,(H,16,17). The third-order valence-corrected chi connectivity index (χ3v) is 3.55. The van der Waals surface area contributed by atoms with Crippen LogP contribution in [0.25, 0.3) is 0 Å². The molecule has 1 saturated heterocycles. The quantitative estimate of drug-likeness (QED) is 0.839. The number of hydrogen-bond acceptors (Lipinski definition) is 4. The van der Waals surface area contributed by atoms with Gasteiger partial charge in [0.05, 0.1) is 23.5 Å². The molecule has 5 heteroatoms. The van der Waals surface area contributed by atoms with Crippen LogP contribution in [-0.4, -0.2) is 33.6 Å². The molecule has 0 aliphatic carbocycles. The third kappa shape index (κ3) is 2.09. The first-order valence-electron chi connectivity index (χ1n) is 5.80. The first kappa shape index (κ1) is 11.8. The lowest BCUT2D eigenvalue weighted by atomic mass is 10.0. The van der Waals surface area contributed by atoms with Crippen LogP contribution in [0.4, 0.5) is 5.82 Å². The molecule has 1 N–H and O–H groups in total. The number of anilines is 1. The fraction of sp³-hybridized carbons (Fsp3) is 0.583. The van der Waals surface area contributed by atoms with E-state index in [1.54, 1.807) is 6.20 Å². The summed E-state index contributed by atoms with van der Waals surface area (Å²) >= 11 is 0. The van der Waals surface area contributed by atoms with Crippen LogP contribution in [0.15, 0.2) is 6.20 Å². The Labute approximate surface area is 100 Å². The summed E-state index contributed by atoms with van der Waals surface area (Å²) in [4.78, 5) is 21.8. The zero-order chi connectivity index (χ0) is 12.6. The highest BCUT2D eigenvalue weighted by molar-refractivity contribution is 5.72. The molecule has 1 aliphatic rings. The van der Waals surface area contributed by atoms with Crippen molar-refractivity contribution in [2.75, 3.05) is 11.4 Å². The molecular formula is C12H17N3O2. The van der Waals surface area contributed by atoms with Crippen LogP contribution in [0, 0.1) is 19.8 Å². The molecule has 17 heavy (non-hydrogen) atoms. The average Bonchev–Trinajstić information content (AvgIpc) is 2.64. The van der Waals surface area contributed by atoms with E-state index in [9.17, 15) is 4.79 Å². The van der Waals surface area contributed by atoms with Gasteiger partial charge in [0.2, 0.25) is 0 Å². The minimum Gasteiger partial charge on any atom is -0.481 e. The first-order chi connectivity index (χ1) is 8.00. The van der Waals surface area contributed by atoms with Gasteiger partial charge in [0.1, 0.15) is 5.82 Å². The van der Waals surface area contributed by atoms with E-state index in [1.165, 1.54) is 0 Å². The van der Waals surface area contributed by atoms with Gasteiger partial charge < -0.3 is 10.0 Å². The number of aryl methyl sites for hydroxylation is 2. The molecule has 0 amide bonds. The molecule has 0 bridgehead atoms. The van der Waals surface area contributed by atoms with Crippen molar-refractivity contribution in [3.8, 4) is 0 Å². The topological polar surface area (TPSA) is 66.3 Å². The Morgan fingerprint density at radius 1 is 1.47 bits per heavy atom. The van der Waals surface area contributed by atoms with Crippen LogP contribution in [0.5, 0.6) is 0 Å². The molecule has 2 heterocycles. The summed E-state index contributed by atoms with van der Waals surface area (Å²) < 4.78 is 0. The number of carboxylic acid groups (broad SMARTS) is 1. The fourth-order valence-corrected chi connectivity index (χ4v) is 2.26. The largest absolute Gasteiger partial charge is 0.481 e. The Hall–Kier alpha value is -1.65. The summed E-state index contributed by atoms with van der Waals surface area (Å²) in [5.41, 5.74) is 1.81. The van der Waals surface area contributed by atoms with Crippen LogP contribution >= 0.6 is 0 Å². The molecule has 0 radical (unpaired) electrons. The highest BCUT2D eigenvalue weighted by Gasteiger charge is 2.36. The molecule has 2 atom stereocenters. The molecule has 0 spiro atoms. The molecule has 92 valence electrons. The van der Waals surface area contributed by atoms with Crippen LogP contribution in [0.2, 0.25) is 0 Å². The lowest BCUT2D eigenvalue weighted by Crippen LogP contribution is -2.33. The van der Waals surface area contributed by atoms with Crippen LogP contribution in [0.1, 0.15) is 24.7 Å². The Bertz CT molecular complexity index is 447. The normalized spacial score (nSPS) is 24.1. The lowest BCUT2D eigenvalue weighted by molar-refractivity contribution is -0.141. The molecular weight excluding hydrogens is 218 g/mol. The van der Waals surface area contributed by atoms with Gasteiger partial charge in [-0.25, -0.2) is 4.98 Å². The number of nitrogens with zero attached hydrogens (tertiary/aromatic N) is 3. The molecule has 1 aromatic rings. The van der Waals surface area contributed by atoms with Gasteiger partial charge in [-0.05, 0) is 27.2 Å². The first-order valence-corrected chi connectivity index (χ1v) is 5.80. The van der Waals surface area contributed by atoms with Gasteiger partial charge in [-0.1, -0.05) is 0 Å². The van der Waals surface area contributed by atoms with Gasteiger partial charge in [0.15, 0.2) is 0 Å². The van der Waals surface area contributed by atoms with Crippen LogP contribution in [0.3, 0.4) is 0 Å². The molecule has 1 fully saturated rings. The van der Waals surface area contributed by atoms with E-state index >= 15 is 0 Å². The molecule has 2 unspecified atom stereocenters. The van der Waals surface area contributed by atoms with E-state index in [1.807, 2.05) is 25.7 Å². The smallest absolute Gasteiger partial charge is 0.308 e. The Kier molecular flexibility index (Phi) is 3.00. The predicted molar refractivity (Wildman–Crippen MR) is 64.1 cm³/mol. The van der Waals surface area contributed by atoms with Crippen molar-refractivity contribution in [3.63, 3.8) is 0 Å². The van der Waals surface area contributed by atoms with E-state index in [4.69, 9.17) is 5.11 Å². The predicted octanol–water partition coefficient (Wildman–Crippen LogP) is 1.39. The minimum absolute atomic E-state index is 0.0242. The van der Waals surface area contributed by atoms with Crippen molar-refractivity contribution in [1.29, 1.82) is 0 Å². The minimum atomic E-state index is -0.725. The summed E-state index contributed by atoms with van der Waals surface area (Å²) in [5.74, 6) is -0.250. The third-order valence-electron chi connectivity index (χ3n) is 3.55. The van der Waals surface area contributed by atoms with E-state index < -0.39 is 5.97 Å². The summed E-state index contributed by atoms with van der Waals surface area (Å²) in [6.45, 7) is 6.50. The second-order valence-electron chi connectivity index (χ2n) is 4.57. The van der Waals surface area contributed by atoms with Gasteiger partial charge in [0.25, 0.3) is 0 Å². The second kappa shape index (κ2) is 4.31. The summed E-state index contributed by atoms with van der Waals surface area (Å²) in [6.07, 6.45) is 2.40. The lowest BCUT2D eigenvalue weighted by Gasteiger charge is -2.24. The van der Waals surface area contributed by atoms with Crippen molar-refractivity contribution in [2.24, 2.45) is 5.92 Å². The van der Waals surface area contributed by atoms with Gasteiger partial charge in [0, 0.05) is 12.6 Å². The van der Waals surface area contributed by atoms with Crippen LogP contribution < -0.4 is 4.90 Å². The number of carboxylic acids is 1. The molecule has 1 aromatic heterocycles. The van der Waals surface area contributed by atoms with E-state index in [0.29, 0.717) is 6.42 Å². The van der Waals surface area contributed by atoms with Crippen molar-refractivity contribution < 1.29 is 9.90 Å². The van der Waals surface area contributed by atoms with Crippen molar-refractivity contribution in [1.82, 2.24) is 9.97 Å². The Balaban J connectivity index is 2.24. The van der Waals surface area contributed by atoms with Crippen LogP contribution in [-0.2, 0) is 4.79 Å². The second-order valence-corrected chi connectivity index (χ2v) is 4.57. The average molecular weight is 235 g/mol. The van der Waals surface area contributed by atoms with E-state index in [2.05, 4.69) is 9.97 Å². The number of hydrogen-bond donors (Lipinski definition) is 1. The van der Waals surface area contributed by atoms with Crippen molar-refractivity contribution in [3.05, 3.63) is 17.6 Å². The van der Waals surface area contributed by atoms with Gasteiger partial charge in [-0.3, -0.25) is 9.78 Å². The van der Waals surface area contributed by atoms with E-state index in [0.717, 1.165) is 23.8 Å². The Morgan fingerprint density at radius 3 is 2.71 bits per heavy atom.